The van der Waals surface area contributed by atoms with Crippen LogP contribution in [-0.2, 0) is 23.0 Å². The number of rotatable bonds is 5. The first kappa shape index (κ1) is 14.0. The molecule has 2 heterocycles. The third-order valence-electron chi connectivity index (χ3n) is 3.14. The molecule has 1 atom stereocenters. The second-order valence-corrected chi connectivity index (χ2v) is 4.70. The molecule has 0 spiro atoms. The second-order valence-electron chi connectivity index (χ2n) is 4.70. The maximum absolute atomic E-state index is 12.1. The number of aromatic nitrogens is 3. The number of ether oxygens (including phenoxy) is 1. The fraction of sp³-hybridized carbons (Fsp3) is 0.750. The molecule has 106 valence electrons. The van der Waals surface area contributed by atoms with Crippen LogP contribution in [0.25, 0.3) is 0 Å². The zero-order valence-electron chi connectivity index (χ0n) is 11.5. The van der Waals surface area contributed by atoms with Gasteiger partial charge in [0, 0.05) is 33.1 Å². The molecule has 1 unspecified atom stereocenters. The van der Waals surface area contributed by atoms with E-state index in [1.807, 2.05) is 18.9 Å². The van der Waals surface area contributed by atoms with Crippen molar-refractivity contribution >= 4 is 5.91 Å². The van der Waals surface area contributed by atoms with Crippen LogP contribution in [0.2, 0.25) is 0 Å². The van der Waals surface area contributed by atoms with Gasteiger partial charge in [-0.1, -0.05) is 0 Å². The Morgan fingerprint density at radius 1 is 1.53 bits per heavy atom. The number of aryl methyl sites for hydroxylation is 1. The number of nitrogens with one attached hydrogen (secondary N) is 1. The van der Waals surface area contributed by atoms with Crippen LogP contribution >= 0.6 is 0 Å². The highest BCUT2D eigenvalue weighted by atomic mass is 16.5. The lowest BCUT2D eigenvalue weighted by Crippen LogP contribution is -2.49. The molecule has 19 heavy (non-hydrogen) atoms. The van der Waals surface area contributed by atoms with Gasteiger partial charge in [-0.3, -0.25) is 9.48 Å². The van der Waals surface area contributed by atoms with E-state index < -0.39 is 0 Å². The van der Waals surface area contributed by atoms with E-state index in [1.54, 1.807) is 11.0 Å². The molecule has 1 aromatic heterocycles. The Kier molecular flexibility index (Phi) is 4.86. The van der Waals surface area contributed by atoms with Gasteiger partial charge in [-0.2, -0.15) is 5.10 Å². The molecule has 1 N–H and O–H groups in total. The molecule has 0 aliphatic carbocycles. The van der Waals surface area contributed by atoms with Gasteiger partial charge in [0.1, 0.15) is 6.33 Å². The SMILES string of the molecule is CC(NCCc1ncn(C)n1)C(=O)N1CCOCC1. The topological polar surface area (TPSA) is 72.3 Å². The van der Waals surface area contributed by atoms with Gasteiger partial charge >= 0.3 is 0 Å². The third-order valence-corrected chi connectivity index (χ3v) is 3.14. The zero-order chi connectivity index (χ0) is 13.7. The van der Waals surface area contributed by atoms with Gasteiger partial charge in [0.25, 0.3) is 0 Å². The molecular weight excluding hydrogens is 246 g/mol. The van der Waals surface area contributed by atoms with Crippen LogP contribution in [0, 0.1) is 0 Å². The highest BCUT2D eigenvalue weighted by Crippen LogP contribution is 2.00. The van der Waals surface area contributed by atoms with Crippen molar-refractivity contribution < 1.29 is 9.53 Å². The van der Waals surface area contributed by atoms with Crippen LogP contribution in [0.1, 0.15) is 12.7 Å². The summed E-state index contributed by atoms with van der Waals surface area (Å²) in [5.74, 6) is 0.929. The van der Waals surface area contributed by atoms with Crippen LogP contribution in [0.3, 0.4) is 0 Å². The Balaban J connectivity index is 1.71. The summed E-state index contributed by atoms with van der Waals surface area (Å²) in [6.45, 7) is 5.23. The van der Waals surface area contributed by atoms with E-state index in [-0.39, 0.29) is 11.9 Å². The van der Waals surface area contributed by atoms with Gasteiger partial charge in [0.15, 0.2) is 5.82 Å². The van der Waals surface area contributed by atoms with Crippen molar-refractivity contribution in [3.8, 4) is 0 Å². The zero-order valence-corrected chi connectivity index (χ0v) is 11.5. The van der Waals surface area contributed by atoms with E-state index >= 15 is 0 Å². The van der Waals surface area contributed by atoms with Crippen molar-refractivity contribution in [2.45, 2.75) is 19.4 Å². The largest absolute Gasteiger partial charge is 0.378 e. The Hall–Kier alpha value is -1.47. The van der Waals surface area contributed by atoms with E-state index in [4.69, 9.17) is 4.74 Å². The lowest BCUT2D eigenvalue weighted by Gasteiger charge is -2.29. The number of morpholine rings is 1. The Bertz CT molecular complexity index is 414. The minimum Gasteiger partial charge on any atom is -0.378 e. The van der Waals surface area contributed by atoms with Gasteiger partial charge in [-0.05, 0) is 6.92 Å². The van der Waals surface area contributed by atoms with E-state index in [0.717, 1.165) is 12.2 Å². The summed E-state index contributed by atoms with van der Waals surface area (Å²) < 4.78 is 6.92. The summed E-state index contributed by atoms with van der Waals surface area (Å²) >= 11 is 0. The van der Waals surface area contributed by atoms with Gasteiger partial charge < -0.3 is 15.0 Å². The number of carbonyl (C=O) groups excluding carboxylic acids is 1. The Morgan fingerprint density at radius 3 is 2.89 bits per heavy atom. The molecule has 7 nitrogen and oxygen atoms in total. The van der Waals surface area contributed by atoms with Crippen molar-refractivity contribution in [2.24, 2.45) is 7.05 Å². The summed E-state index contributed by atoms with van der Waals surface area (Å²) in [7, 11) is 1.84. The number of hydrogen-bond acceptors (Lipinski definition) is 5. The third kappa shape index (κ3) is 4.00. The van der Waals surface area contributed by atoms with Crippen molar-refractivity contribution in [1.29, 1.82) is 0 Å². The lowest BCUT2D eigenvalue weighted by atomic mass is 10.2. The van der Waals surface area contributed by atoms with Gasteiger partial charge in [-0.15, -0.1) is 0 Å². The molecule has 1 amide bonds. The summed E-state index contributed by atoms with van der Waals surface area (Å²) in [4.78, 5) is 18.1. The number of hydrogen-bond donors (Lipinski definition) is 1. The van der Waals surface area contributed by atoms with E-state index in [2.05, 4.69) is 15.4 Å². The Labute approximate surface area is 112 Å². The predicted molar refractivity (Wildman–Crippen MR) is 69.6 cm³/mol. The summed E-state index contributed by atoms with van der Waals surface area (Å²) in [5, 5.41) is 7.41. The van der Waals surface area contributed by atoms with E-state index in [0.29, 0.717) is 32.8 Å². The molecule has 2 rings (SSSR count). The molecule has 0 aromatic carbocycles. The summed E-state index contributed by atoms with van der Waals surface area (Å²) in [6, 6.07) is -0.179. The van der Waals surface area contributed by atoms with Crippen LogP contribution in [0.4, 0.5) is 0 Å². The van der Waals surface area contributed by atoms with Gasteiger partial charge in [0.05, 0.1) is 19.3 Å². The van der Waals surface area contributed by atoms with E-state index in [9.17, 15) is 4.79 Å². The van der Waals surface area contributed by atoms with Crippen LogP contribution < -0.4 is 5.32 Å². The first-order valence-electron chi connectivity index (χ1n) is 6.61. The summed E-state index contributed by atoms with van der Waals surface area (Å²) in [6.07, 6.45) is 2.40. The smallest absolute Gasteiger partial charge is 0.239 e. The van der Waals surface area contributed by atoms with Crippen LogP contribution in [0.15, 0.2) is 6.33 Å². The van der Waals surface area contributed by atoms with Gasteiger partial charge in [-0.25, -0.2) is 4.98 Å². The monoisotopic (exact) mass is 267 g/mol. The normalized spacial score (nSPS) is 17.5. The van der Waals surface area contributed by atoms with Crippen molar-refractivity contribution in [1.82, 2.24) is 25.0 Å². The molecule has 0 radical (unpaired) electrons. The molecule has 1 aliphatic rings. The first-order chi connectivity index (χ1) is 9.16. The minimum atomic E-state index is -0.179. The number of nitrogens with zero attached hydrogens (tertiary/aromatic N) is 4. The quantitative estimate of drug-likeness (QED) is 0.756. The first-order valence-corrected chi connectivity index (χ1v) is 6.61. The molecular formula is C12H21N5O2. The average molecular weight is 267 g/mol. The van der Waals surface area contributed by atoms with Crippen molar-refractivity contribution in [3.05, 3.63) is 12.2 Å². The second kappa shape index (κ2) is 6.63. The standard InChI is InChI=1S/C12H21N5O2/c1-10(12(18)17-5-7-19-8-6-17)13-4-3-11-14-9-16(2)15-11/h9-10,13H,3-8H2,1-2H3. The highest BCUT2D eigenvalue weighted by Gasteiger charge is 2.21. The maximum Gasteiger partial charge on any atom is 0.239 e. The number of amides is 1. The maximum atomic E-state index is 12.1. The predicted octanol–water partition coefficient (Wildman–Crippen LogP) is -0.805. The summed E-state index contributed by atoms with van der Waals surface area (Å²) in [5.41, 5.74) is 0. The van der Waals surface area contributed by atoms with Crippen LogP contribution in [0.5, 0.6) is 0 Å². The molecule has 1 aromatic rings. The fourth-order valence-electron chi connectivity index (χ4n) is 2.04. The molecule has 0 saturated carbocycles. The molecule has 1 fully saturated rings. The van der Waals surface area contributed by atoms with Crippen molar-refractivity contribution in [3.63, 3.8) is 0 Å². The molecule has 7 heteroatoms. The van der Waals surface area contributed by atoms with Gasteiger partial charge in [0.2, 0.25) is 5.91 Å². The number of carbonyl (C=O) groups is 1. The molecule has 0 bridgehead atoms. The Morgan fingerprint density at radius 2 is 2.26 bits per heavy atom. The fourth-order valence-corrected chi connectivity index (χ4v) is 2.04. The average Bonchev–Trinajstić information content (AvgIpc) is 2.84. The lowest BCUT2D eigenvalue weighted by molar-refractivity contribution is -0.137. The van der Waals surface area contributed by atoms with Crippen molar-refractivity contribution in [2.75, 3.05) is 32.8 Å². The highest BCUT2D eigenvalue weighted by molar-refractivity contribution is 5.81. The molecule has 1 aliphatic heterocycles. The van der Waals surface area contributed by atoms with E-state index in [1.165, 1.54) is 0 Å². The molecule has 1 saturated heterocycles. The van der Waals surface area contributed by atoms with Crippen LogP contribution in [-0.4, -0.2) is 64.5 Å². The minimum absolute atomic E-state index is 0.136.